The third-order valence-corrected chi connectivity index (χ3v) is 7.47. The largest absolute Gasteiger partial charge is 0.489 e. The number of amides is 1. The molecule has 2 aliphatic heterocycles. The Morgan fingerprint density at radius 1 is 1.09 bits per heavy atom. The van der Waals surface area contributed by atoms with Crippen molar-refractivity contribution in [3.8, 4) is 5.75 Å². The van der Waals surface area contributed by atoms with Crippen molar-refractivity contribution in [1.29, 1.82) is 0 Å². The maximum atomic E-state index is 12.5. The smallest absolute Gasteiger partial charge is 0.253 e. The molecule has 7 nitrogen and oxygen atoms in total. The highest BCUT2D eigenvalue weighted by atomic mass is 16.5. The van der Waals surface area contributed by atoms with Crippen molar-refractivity contribution in [3.05, 3.63) is 47.4 Å². The number of hydrogen-bond donors (Lipinski definition) is 1. The molecule has 0 radical (unpaired) electrons. The Morgan fingerprint density at radius 3 is 2.67 bits per heavy atom. The van der Waals surface area contributed by atoms with Gasteiger partial charge in [0, 0.05) is 62.3 Å². The minimum absolute atomic E-state index is 0.00719. The highest BCUT2D eigenvalue weighted by Crippen LogP contribution is 2.34. The van der Waals surface area contributed by atoms with Gasteiger partial charge >= 0.3 is 0 Å². The highest BCUT2D eigenvalue weighted by Gasteiger charge is 2.26. The van der Waals surface area contributed by atoms with Gasteiger partial charge in [0.2, 0.25) is 0 Å². The van der Waals surface area contributed by atoms with E-state index in [0.29, 0.717) is 11.6 Å². The third-order valence-electron chi connectivity index (χ3n) is 7.47. The summed E-state index contributed by atoms with van der Waals surface area (Å²) in [4.78, 5) is 26.3. The lowest BCUT2D eigenvalue weighted by Gasteiger charge is -2.37. The lowest BCUT2D eigenvalue weighted by Crippen LogP contribution is -2.47. The molecule has 2 aromatic heterocycles. The van der Waals surface area contributed by atoms with Gasteiger partial charge in [0.15, 0.2) is 11.6 Å². The van der Waals surface area contributed by atoms with Gasteiger partial charge in [-0.25, -0.2) is 4.98 Å². The average Bonchev–Trinajstić information content (AvgIpc) is 3.34. The lowest BCUT2D eigenvalue weighted by atomic mass is 9.84. The van der Waals surface area contributed by atoms with Crippen LogP contribution in [0.15, 0.2) is 30.6 Å². The van der Waals surface area contributed by atoms with Crippen molar-refractivity contribution in [2.75, 3.05) is 44.2 Å². The van der Waals surface area contributed by atoms with Crippen LogP contribution in [-0.4, -0.2) is 66.1 Å². The Bertz CT molecular complexity index is 948. The van der Waals surface area contributed by atoms with Crippen LogP contribution in [0.4, 0.5) is 5.82 Å². The molecule has 1 saturated carbocycles. The van der Waals surface area contributed by atoms with Gasteiger partial charge < -0.3 is 15.0 Å². The summed E-state index contributed by atoms with van der Waals surface area (Å²) in [6, 6.07) is 6.13. The van der Waals surface area contributed by atoms with E-state index in [2.05, 4.69) is 31.2 Å². The molecule has 2 fully saturated rings. The van der Waals surface area contributed by atoms with Gasteiger partial charge in [-0.2, -0.15) is 0 Å². The van der Waals surface area contributed by atoms with Crippen molar-refractivity contribution in [2.24, 2.45) is 5.92 Å². The van der Waals surface area contributed by atoms with E-state index in [4.69, 9.17) is 4.74 Å². The highest BCUT2D eigenvalue weighted by molar-refractivity contribution is 5.94. The normalized spacial score (nSPS) is 23.1. The number of piperazine rings is 1. The Labute approximate surface area is 196 Å². The summed E-state index contributed by atoms with van der Waals surface area (Å²) in [7, 11) is 0. The van der Waals surface area contributed by atoms with Gasteiger partial charge in [-0.1, -0.05) is 0 Å². The molecule has 3 aliphatic rings. The summed E-state index contributed by atoms with van der Waals surface area (Å²) >= 11 is 0. The monoisotopic (exact) mass is 449 g/mol. The molecule has 0 bridgehead atoms. The first-order valence-electron chi connectivity index (χ1n) is 12.5. The molecule has 0 unspecified atom stereocenters. The molecule has 1 N–H and O–H groups in total. The number of pyridine rings is 2. The first kappa shape index (κ1) is 22.1. The van der Waals surface area contributed by atoms with Gasteiger partial charge in [0.1, 0.15) is 0 Å². The van der Waals surface area contributed by atoms with Crippen LogP contribution < -0.4 is 15.0 Å². The van der Waals surface area contributed by atoms with E-state index in [-0.39, 0.29) is 5.91 Å². The van der Waals surface area contributed by atoms with Gasteiger partial charge in [-0.05, 0) is 69.7 Å². The molecule has 0 aromatic carbocycles. The van der Waals surface area contributed by atoms with Crippen LogP contribution in [0.5, 0.6) is 5.75 Å². The standard InChI is InChI=1S/C26H35N5O2/c1-19-2-5-22(18-28-19)26(32)29-23-6-3-20(4-7-23)9-12-30-13-15-31(16-14-30)25-24-21(8-11-27-25)10-17-33-24/h2,5,8,11,18,20,23H,3-4,6-7,9-10,12-17H2,1H3,(H,29,32). The Balaban J connectivity index is 1.02. The molecule has 1 amide bonds. The zero-order valence-corrected chi connectivity index (χ0v) is 19.6. The summed E-state index contributed by atoms with van der Waals surface area (Å²) in [6.07, 6.45) is 10.4. The number of anilines is 1. The molecule has 33 heavy (non-hydrogen) atoms. The van der Waals surface area contributed by atoms with Crippen LogP contribution in [0.1, 0.15) is 53.7 Å². The van der Waals surface area contributed by atoms with Crippen LogP contribution in [0.2, 0.25) is 0 Å². The molecule has 5 rings (SSSR count). The van der Waals surface area contributed by atoms with Crippen molar-refractivity contribution >= 4 is 11.7 Å². The molecule has 2 aromatic rings. The molecular formula is C26H35N5O2. The number of rotatable bonds is 6. The number of ether oxygens (including phenoxy) is 1. The zero-order chi connectivity index (χ0) is 22.6. The second-order valence-corrected chi connectivity index (χ2v) is 9.72. The van der Waals surface area contributed by atoms with E-state index in [1.807, 2.05) is 25.3 Å². The topological polar surface area (TPSA) is 70.6 Å². The van der Waals surface area contributed by atoms with Crippen LogP contribution in [0.25, 0.3) is 0 Å². The quantitative estimate of drug-likeness (QED) is 0.730. The van der Waals surface area contributed by atoms with Crippen LogP contribution in [-0.2, 0) is 6.42 Å². The zero-order valence-electron chi connectivity index (χ0n) is 19.6. The minimum atomic E-state index is 0.00719. The summed E-state index contributed by atoms with van der Waals surface area (Å²) in [5, 5.41) is 3.21. The molecule has 0 spiro atoms. The molecule has 0 atom stereocenters. The molecule has 1 saturated heterocycles. The van der Waals surface area contributed by atoms with E-state index in [0.717, 1.165) is 75.2 Å². The Hall–Kier alpha value is -2.67. The Kier molecular flexibility index (Phi) is 6.76. The number of aryl methyl sites for hydroxylation is 1. The molecule has 1 aliphatic carbocycles. The molecular weight excluding hydrogens is 414 g/mol. The number of nitrogens with one attached hydrogen (secondary N) is 1. The molecule has 176 valence electrons. The minimum Gasteiger partial charge on any atom is -0.489 e. The number of carbonyl (C=O) groups is 1. The predicted molar refractivity (Wildman–Crippen MR) is 129 cm³/mol. The molecule has 7 heteroatoms. The lowest BCUT2D eigenvalue weighted by molar-refractivity contribution is 0.0919. The average molecular weight is 450 g/mol. The first-order chi connectivity index (χ1) is 16.2. The third kappa shape index (κ3) is 5.29. The van der Waals surface area contributed by atoms with E-state index < -0.39 is 0 Å². The van der Waals surface area contributed by atoms with Crippen molar-refractivity contribution in [2.45, 2.75) is 51.5 Å². The second-order valence-electron chi connectivity index (χ2n) is 9.72. The molecule has 4 heterocycles. The van der Waals surface area contributed by atoms with Crippen molar-refractivity contribution in [3.63, 3.8) is 0 Å². The number of hydrogen-bond acceptors (Lipinski definition) is 6. The number of aromatic nitrogens is 2. The maximum Gasteiger partial charge on any atom is 0.253 e. The summed E-state index contributed by atoms with van der Waals surface area (Å²) < 4.78 is 5.85. The maximum absolute atomic E-state index is 12.5. The van der Waals surface area contributed by atoms with Gasteiger partial charge in [0.05, 0.1) is 12.2 Å². The fraction of sp³-hybridized carbons (Fsp3) is 0.577. The number of fused-ring (bicyclic) bond motifs is 1. The fourth-order valence-electron chi connectivity index (χ4n) is 5.33. The van der Waals surface area contributed by atoms with Crippen LogP contribution in [0.3, 0.4) is 0 Å². The Morgan fingerprint density at radius 2 is 1.91 bits per heavy atom. The van der Waals surface area contributed by atoms with Crippen molar-refractivity contribution < 1.29 is 9.53 Å². The van der Waals surface area contributed by atoms with E-state index in [9.17, 15) is 4.79 Å². The SMILES string of the molecule is Cc1ccc(C(=O)NC2CCC(CCN3CCN(c4nccc5c4OCC5)CC3)CC2)cn1. The predicted octanol–water partition coefficient (Wildman–Crippen LogP) is 3.22. The summed E-state index contributed by atoms with van der Waals surface area (Å²) in [5.41, 5.74) is 2.89. The number of nitrogens with zero attached hydrogens (tertiary/aromatic N) is 4. The van der Waals surface area contributed by atoms with Crippen LogP contribution >= 0.6 is 0 Å². The van der Waals surface area contributed by atoms with Gasteiger partial charge in [0.25, 0.3) is 5.91 Å². The van der Waals surface area contributed by atoms with Gasteiger partial charge in [-0.3, -0.25) is 14.7 Å². The van der Waals surface area contributed by atoms with Crippen LogP contribution in [0, 0.1) is 12.8 Å². The number of carbonyl (C=O) groups excluding carboxylic acids is 1. The second kappa shape index (κ2) is 10.1. The van der Waals surface area contributed by atoms with Gasteiger partial charge in [-0.15, -0.1) is 0 Å². The van der Waals surface area contributed by atoms with Crippen molar-refractivity contribution in [1.82, 2.24) is 20.2 Å². The first-order valence-corrected chi connectivity index (χ1v) is 12.5. The van der Waals surface area contributed by atoms with E-state index in [1.54, 1.807) is 6.20 Å². The summed E-state index contributed by atoms with van der Waals surface area (Å²) in [6.45, 7) is 8.08. The van der Waals surface area contributed by atoms with E-state index in [1.165, 1.54) is 31.4 Å². The summed E-state index contributed by atoms with van der Waals surface area (Å²) in [5.74, 6) is 2.82. The van der Waals surface area contributed by atoms with E-state index >= 15 is 0 Å². The fourth-order valence-corrected chi connectivity index (χ4v) is 5.33.